The molecule has 1 N–H and O–H groups in total. The lowest BCUT2D eigenvalue weighted by Gasteiger charge is -2.27. The average molecular weight is 341 g/mol. The van der Waals surface area contributed by atoms with E-state index < -0.39 is 0 Å². The van der Waals surface area contributed by atoms with E-state index in [1.807, 2.05) is 12.1 Å². The second kappa shape index (κ2) is 6.55. The van der Waals surface area contributed by atoms with Gasteiger partial charge in [-0.3, -0.25) is 4.90 Å². The fourth-order valence-corrected chi connectivity index (χ4v) is 3.39. The van der Waals surface area contributed by atoms with Gasteiger partial charge in [-0.1, -0.05) is 23.7 Å². The van der Waals surface area contributed by atoms with Crippen LogP contribution in [0.4, 0.5) is 0 Å². The topological polar surface area (TPSA) is 32.6 Å². The zero-order valence-corrected chi connectivity index (χ0v) is 14.6. The maximum Gasteiger partial charge on any atom is 0.137 e. The standard InChI is InChI=1S/C19H21ClN4/c1-14-6-9-24-17(13-23-10-7-21-8-11-23)19(22-18(24)12-14)15-2-4-16(20)5-3-15/h2-6,9,12,21H,7-8,10-11,13H2,1H3. The third-order valence-corrected chi connectivity index (χ3v) is 4.83. The van der Waals surface area contributed by atoms with Gasteiger partial charge in [0.25, 0.3) is 0 Å². The van der Waals surface area contributed by atoms with E-state index in [2.05, 4.69) is 52.0 Å². The number of benzene rings is 1. The molecule has 0 bridgehead atoms. The first kappa shape index (κ1) is 15.6. The van der Waals surface area contributed by atoms with Crippen LogP contribution in [-0.4, -0.2) is 40.5 Å². The second-order valence-electron chi connectivity index (χ2n) is 6.37. The molecule has 0 unspecified atom stereocenters. The summed E-state index contributed by atoms with van der Waals surface area (Å²) in [6.07, 6.45) is 2.13. The molecule has 124 valence electrons. The van der Waals surface area contributed by atoms with E-state index in [1.165, 1.54) is 11.3 Å². The molecule has 4 rings (SSSR count). The first-order chi connectivity index (χ1) is 11.7. The van der Waals surface area contributed by atoms with Crippen LogP contribution in [0.25, 0.3) is 16.9 Å². The predicted molar refractivity (Wildman–Crippen MR) is 98.5 cm³/mol. The number of hydrogen-bond acceptors (Lipinski definition) is 3. The molecule has 0 atom stereocenters. The number of pyridine rings is 1. The fourth-order valence-electron chi connectivity index (χ4n) is 3.27. The Morgan fingerprint density at radius 3 is 2.62 bits per heavy atom. The van der Waals surface area contributed by atoms with E-state index in [1.54, 1.807) is 0 Å². The number of nitrogens with one attached hydrogen (secondary N) is 1. The zero-order valence-electron chi connectivity index (χ0n) is 13.8. The third kappa shape index (κ3) is 3.05. The third-order valence-electron chi connectivity index (χ3n) is 4.58. The molecular formula is C19H21ClN4. The number of aryl methyl sites for hydroxylation is 1. The predicted octanol–water partition coefficient (Wildman–Crippen LogP) is 3.37. The summed E-state index contributed by atoms with van der Waals surface area (Å²) in [5, 5.41) is 4.16. The molecule has 0 saturated carbocycles. The van der Waals surface area contributed by atoms with Crippen LogP contribution >= 0.6 is 11.6 Å². The van der Waals surface area contributed by atoms with Crippen molar-refractivity contribution in [2.75, 3.05) is 26.2 Å². The lowest BCUT2D eigenvalue weighted by atomic mass is 10.1. The average Bonchev–Trinajstić information content (AvgIpc) is 2.94. The van der Waals surface area contributed by atoms with Crippen molar-refractivity contribution in [3.05, 3.63) is 58.9 Å². The molecule has 2 aromatic heterocycles. The number of halogens is 1. The first-order valence-electron chi connectivity index (χ1n) is 8.37. The Kier molecular flexibility index (Phi) is 4.27. The normalized spacial score (nSPS) is 15.9. The summed E-state index contributed by atoms with van der Waals surface area (Å²) < 4.78 is 2.22. The summed E-state index contributed by atoms with van der Waals surface area (Å²) >= 11 is 6.05. The number of aromatic nitrogens is 2. The largest absolute Gasteiger partial charge is 0.314 e. The Labute approximate surface area is 147 Å². The summed E-state index contributed by atoms with van der Waals surface area (Å²) in [7, 11) is 0. The van der Waals surface area contributed by atoms with E-state index >= 15 is 0 Å². The van der Waals surface area contributed by atoms with Gasteiger partial charge in [0, 0.05) is 49.5 Å². The number of fused-ring (bicyclic) bond motifs is 1. The van der Waals surface area contributed by atoms with Gasteiger partial charge in [0.05, 0.1) is 11.4 Å². The summed E-state index contributed by atoms with van der Waals surface area (Å²) in [5.74, 6) is 0. The van der Waals surface area contributed by atoms with Crippen molar-refractivity contribution in [3.8, 4) is 11.3 Å². The van der Waals surface area contributed by atoms with Crippen LogP contribution in [0.1, 0.15) is 11.3 Å². The lowest BCUT2D eigenvalue weighted by molar-refractivity contribution is 0.230. The molecule has 1 fully saturated rings. The van der Waals surface area contributed by atoms with E-state index in [9.17, 15) is 0 Å². The Morgan fingerprint density at radius 2 is 1.88 bits per heavy atom. The highest BCUT2D eigenvalue weighted by atomic mass is 35.5. The van der Waals surface area contributed by atoms with Crippen molar-refractivity contribution >= 4 is 17.2 Å². The molecule has 0 radical (unpaired) electrons. The minimum atomic E-state index is 0.752. The minimum Gasteiger partial charge on any atom is -0.314 e. The number of nitrogens with zero attached hydrogens (tertiary/aromatic N) is 3. The molecule has 0 amide bonds. The molecule has 5 heteroatoms. The van der Waals surface area contributed by atoms with Gasteiger partial charge >= 0.3 is 0 Å². The van der Waals surface area contributed by atoms with Crippen LogP contribution in [0.2, 0.25) is 5.02 Å². The van der Waals surface area contributed by atoms with Crippen LogP contribution in [-0.2, 0) is 6.54 Å². The zero-order chi connectivity index (χ0) is 16.5. The summed E-state index contributed by atoms with van der Waals surface area (Å²) in [6.45, 7) is 7.24. The van der Waals surface area contributed by atoms with E-state index in [-0.39, 0.29) is 0 Å². The van der Waals surface area contributed by atoms with Gasteiger partial charge in [-0.05, 0) is 36.8 Å². The smallest absolute Gasteiger partial charge is 0.137 e. The van der Waals surface area contributed by atoms with Crippen molar-refractivity contribution in [1.82, 2.24) is 19.6 Å². The van der Waals surface area contributed by atoms with Gasteiger partial charge in [-0.25, -0.2) is 4.98 Å². The highest BCUT2D eigenvalue weighted by molar-refractivity contribution is 6.30. The molecule has 0 aliphatic carbocycles. The quantitative estimate of drug-likeness (QED) is 0.793. The van der Waals surface area contributed by atoms with E-state index in [4.69, 9.17) is 16.6 Å². The van der Waals surface area contributed by atoms with Crippen LogP contribution in [0.15, 0.2) is 42.6 Å². The molecule has 1 aliphatic heterocycles. The van der Waals surface area contributed by atoms with Crippen molar-refractivity contribution in [2.45, 2.75) is 13.5 Å². The monoisotopic (exact) mass is 340 g/mol. The molecular weight excluding hydrogens is 320 g/mol. The van der Waals surface area contributed by atoms with Crippen LogP contribution in [0.5, 0.6) is 0 Å². The highest BCUT2D eigenvalue weighted by Gasteiger charge is 2.18. The number of rotatable bonds is 3. The van der Waals surface area contributed by atoms with E-state index in [0.29, 0.717) is 0 Å². The molecule has 4 nitrogen and oxygen atoms in total. The molecule has 1 aliphatic rings. The molecule has 1 aromatic carbocycles. The summed E-state index contributed by atoms with van der Waals surface area (Å²) in [4.78, 5) is 7.40. The molecule has 0 spiro atoms. The summed E-state index contributed by atoms with van der Waals surface area (Å²) in [6, 6.07) is 12.3. The Bertz CT molecular complexity index is 848. The van der Waals surface area contributed by atoms with Gasteiger partial charge in [0.1, 0.15) is 5.65 Å². The van der Waals surface area contributed by atoms with Crippen molar-refractivity contribution < 1.29 is 0 Å². The van der Waals surface area contributed by atoms with Crippen LogP contribution < -0.4 is 5.32 Å². The maximum absolute atomic E-state index is 6.05. The van der Waals surface area contributed by atoms with Gasteiger partial charge in [-0.2, -0.15) is 0 Å². The van der Waals surface area contributed by atoms with Crippen molar-refractivity contribution in [1.29, 1.82) is 0 Å². The van der Waals surface area contributed by atoms with Crippen LogP contribution in [0.3, 0.4) is 0 Å². The fraction of sp³-hybridized carbons (Fsp3) is 0.316. The number of hydrogen-bond donors (Lipinski definition) is 1. The van der Waals surface area contributed by atoms with Crippen LogP contribution in [0, 0.1) is 6.92 Å². The van der Waals surface area contributed by atoms with Crippen molar-refractivity contribution in [2.24, 2.45) is 0 Å². The SMILES string of the molecule is Cc1ccn2c(CN3CCNCC3)c(-c3ccc(Cl)cc3)nc2c1. The van der Waals surface area contributed by atoms with Crippen molar-refractivity contribution in [3.63, 3.8) is 0 Å². The minimum absolute atomic E-state index is 0.752. The second-order valence-corrected chi connectivity index (χ2v) is 6.81. The van der Waals surface area contributed by atoms with Gasteiger partial charge in [0.15, 0.2) is 0 Å². The molecule has 3 heterocycles. The van der Waals surface area contributed by atoms with Gasteiger partial charge < -0.3 is 9.72 Å². The first-order valence-corrected chi connectivity index (χ1v) is 8.75. The highest BCUT2D eigenvalue weighted by Crippen LogP contribution is 2.27. The Balaban J connectivity index is 1.81. The maximum atomic E-state index is 6.05. The lowest BCUT2D eigenvalue weighted by Crippen LogP contribution is -2.43. The molecule has 24 heavy (non-hydrogen) atoms. The number of piperazine rings is 1. The van der Waals surface area contributed by atoms with E-state index in [0.717, 1.165) is 54.7 Å². The molecule has 1 saturated heterocycles. The number of imidazole rings is 1. The Hall–Kier alpha value is -1.88. The van der Waals surface area contributed by atoms with Gasteiger partial charge in [0.2, 0.25) is 0 Å². The summed E-state index contributed by atoms with van der Waals surface area (Å²) in [5.41, 5.74) is 5.64. The van der Waals surface area contributed by atoms with Gasteiger partial charge in [-0.15, -0.1) is 0 Å². The molecule has 3 aromatic rings. The Morgan fingerprint density at radius 1 is 1.12 bits per heavy atom.